The molecule has 0 aliphatic rings. The quantitative estimate of drug-likeness (QED) is 0.265. The molecule has 4 rings (SSSR count). The lowest BCUT2D eigenvalue weighted by Gasteiger charge is -2.42. The smallest absolute Gasteiger partial charge is 0.0186 e. The van der Waals surface area contributed by atoms with E-state index in [0.717, 1.165) is 8.95 Å². The summed E-state index contributed by atoms with van der Waals surface area (Å²) in [5.74, 6) is 0. The monoisotopic (exact) mass is 496 g/mol. The fraction of sp³-hybridized carbons (Fsp3) is 0. The van der Waals surface area contributed by atoms with Crippen molar-refractivity contribution in [2.45, 2.75) is 19.6 Å². The van der Waals surface area contributed by atoms with Crippen molar-refractivity contribution in [2.75, 3.05) is 0 Å². The molecular weight excluding hydrogens is 480 g/mol. The summed E-state index contributed by atoms with van der Waals surface area (Å²) in [4.78, 5) is 5.28. The maximum absolute atomic E-state index is 3.69. The molecule has 3 heteroatoms. The Morgan fingerprint density at radius 1 is 0.407 bits per heavy atom. The molecule has 0 aliphatic carbocycles. The van der Waals surface area contributed by atoms with Crippen LogP contribution in [0.3, 0.4) is 0 Å². The molecule has 0 spiro atoms. The molecule has 0 fully saturated rings. The van der Waals surface area contributed by atoms with E-state index in [1.54, 1.807) is 0 Å². The van der Waals surface area contributed by atoms with Crippen LogP contribution >= 0.6 is 41.9 Å². The summed E-state index contributed by atoms with van der Waals surface area (Å²) in [6.45, 7) is 0. The summed E-state index contributed by atoms with van der Waals surface area (Å²) in [7, 11) is -1.62. The van der Waals surface area contributed by atoms with Gasteiger partial charge in [0.1, 0.15) is 0 Å². The average Bonchev–Trinajstić information content (AvgIpc) is 2.71. The summed E-state index contributed by atoms with van der Waals surface area (Å²) in [6, 6.07) is 39.2. The zero-order chi connectivity index (χ0) is 18.7. The van der Waals surface area contributed by atoms with Crippen LogP contribution in [-0.4, -0.2) is 0 Å². The molecule has 4 aromatic carbocycles. The molecule has 0 nitrogen and oxygen atoms in total. The third-order valence-corrected chi connectivity index (χ3v) is 9.36. The summed E-state index contributed by atoms with van der Waals surface area (Å²) in [5, 5.41) is 0. The zero-order valence-electron chi connectivity index (χ0n) is 14.6. The molecule has 4 aromatic rings. The zero-order valence-corrected chi connectivity index (χ0v) is 18.5. The molecule has 0 saturated carbocycles. The van der Waals surface area contributed by atoms with E-state index in [4.69, 9.17) is 0 Å². The van der Waals surface area contributed by atoms with Gasteiger partial charge in [-0.1, -0.05) is 80.4 Å². The van der Waals surface area contributed by atoms with Crippen LogP contribution in [0.5, 0.6) is 0 Å². The standard InChI is InChI=1S/C24H18Br2S/c25-19-9-7-15-23(17-19)27(21-11-3-1-4-12-21,22-13-5-2-6-14-22)24-16-8-10-20(26)18-24/h1-18H. The third kappa shape index (κ3) is 3.52. The molecule has 0 unspecified atom stereocenters. The van der Waals surface area contributed by atoms with E-state index in [1.807, 2.05) is 0 Å². The van der Waals surface area contributed by atoms with E-state index < -0.39 is 10.0 Å². The van der Waals surface area contributed by atoms with Crippen molar-refractivity contribution in [3.05, 3.63) is 118 Å². The van der Waals surface area contributed by atoms with E-state index in [1.165, 1.54) is 19.6 Å². The molecule has 0 bridgehead atoms. The highest BCUT2D eigenvalue weighted by Gasteiger charge is 2.33. The Bertz CT molecular complexity index is 959. The Labute approximate surface area is 178 Å². The third-order valence-electron chi connectivity index (χ3n) is 4.49. The lowest BCUT2D eigenvalue weighted by Crippen LogP contribution is -2.05. The first kappa shape index (κ1) is 18.5. The van der Waals surface area contributed by atoms with Gasteiger partial charge >= 0.3 is 0 Å². The molecule has 27 heavy (non-hydrogen) atoms. The van der Waals surface area contributed by atoms with Gasteiger partial charge in [0.15, 0.2) is 0 Å². The largest absolute Gasteiger partial charge is 0.133 e. The number of rotatable bonds is 4. The molecule has 0 aromatic heterocycles. The second kappa shape index (κ2) is 8.05. The van der Waals surface area contributed by atoms with E-state index in [0.29, 0.717) is 0 Å². The first-order valence-electron chi connectivity index (χ1n) is 8.66. The minimum Gasteiger partial charge on any atom is -0.133 e. The summed E-state index contributed by atoms with van der Waals surface area (Å²) >= 11 is 7.38. The first-order valence-corrected chi connectivity index (χ1v) is 11.9. The summed E-state index contributed by atoms with van der Waals surface area (Å²) in [6.07, 6.45) is 0. The normalized spacial score (nSPS) is 11.9. The molecule has 0 saturated heterocycles. The minimum absolute atomic E-state index is 1.10. The SMILES string of the molecule is Brc1cccc(S(c2ccccc2)(c2ccccc2)c2cccc(Br)c2)c1. The van der Waals surface area contributed by atoms with Crippen molar-refractivity contribution >= 4 is 41.9 Å². The fourth-order valence-electron chi connectivity index (χ4n) is 3.38. The molecule has 0 N–H and O–H groups in total. The Balaban J connectivity index is 2.16. The Morgan fingerprint density at radius 3 is 1.15 bits per heavy atom. The Morgan fingerprint density at radius 2 is 0.778 bits per heavy atom. The summed E-state index contributed by atoms with van der Waals surface area (Å²) < 4.78 is 2.19. The van der Waals surface area contributed by atoms with Crippen LogP contribution in [0, 0.1) is 0 Å². The first-order chi connectivity index (χ1) is 13.2. The van der Waals surface area contributed by atoms with Crippen molar-refractivity contribution in [1.82, 2.24) is 0 Å². The van der Waals surface area contributed by atoms with Crippen LogP contribution < -0.4 is 0 Å². The molecule has 0 amide bonds. The fourth-order valence-corrected chi connectivity index (χ4v) is 8.42. The van der Waals surface area contributed by atoms with Gasteiger partial charge in [0, 0.05) is 28.5 Å². The van der Waals surface area contributed by atoms with Gasteiger partial charge in [-0.15, -0.1) is 10.0 Å². The number of benzene rings is 4. The van der Waals surface area contributed by atoms with Gasteiger partial charge in [0.05, 0.1) is 0 Å². The van der Waals surface area contributed by atoms with Crippen LogP contribution in [0.2, 0.25) is 0 Å². The maximum Gasteiger partial charge on any atom is 0.0186 e. The molecule has 0 heterocycles. The molecule has 0 atom stereocenters. The lowest BCUT2D eigenvalue weighted by atomic mass is 10.3. The van der Waals surface area contributed by atoms with Gasteiger partial charge in [-0.25, -0.2) is 0 Å². The maximum atomic E-state index is 3.69. The highest BCUT2D eigenvalue weighted by Crippen LogP contribution is 2.73. The van der Waals surface area contributed by atoms with Gasteiger partial charge in [-0.05, 0) is 60.7 Å². The predicted molar refractivity (Wildman–Crippen MR) is 122 cm³/mol. The second-order valence-electron chi connectivity index (χ2n) is 6.15. The molecule has 0 aliphatic heterocycles. The van der Waals surface area contributed by atoms with Crippen LogP contribution in [0.1, 0.15) is 0 Å². The van der Waals surface area contributed by atoms with E-state index in [-0.39, 0.29) is 0 Å². The summed E-state index contributed by atoms with van der Waals surface area (Å²) in [5.41, 5.74) is 0. The topological polar surface area (TPSA) is 0 Å². The van der Waals surface area contributed by atoms with Crippen LogP contribution in [-0.2, 0) is 0 Å². The predicted octanol–water partition coefficient (Wildman–Crippen LogP) is 8.55. The molecular formula is C24H18Br2S. The lowest BCUT2D eigenvalue weighted by molar-refractivity contribution is 1.23. The van der Waals surface area contributed by atoms with Gasteiger partial charge in [0.2, 0.25) is 0 Å². The van der Waals surface area contributed by atoms with Crippen LogP contribution in [0.15, 0.2) is 138 Å². The van der Waals surface area contributed by atoms with Crippen LogP contribution in [0.4, 0.5) is 0 Å². The van der Waals surface area contributed by atoms with Gasteiger partial charge < -0.3 is 0 Å². The number of hydrogen-bond acceptors (Lipinski definition) is 0. The van der Waals surface area contributed by atoms with Crippen molar-refractivity contribution < 1.29 is 0 Å². The van der Waals surface area contributed by atoms with Crippen molar-refractivity contribution in [1.29, 1.82) is 0 Å². The van der Waals surface area contributed by atoms with Crippen molar-refractivity contribution in [3.63, 3.8) is 0 Å². The van der Waals surface area contributed by atoms with E-state index in [9.17, 15) is 0 Å². The second-order valence-corrected chi connectivity index (χ2v) is 11.1. The van der Waals surface area contributed by atoms with Crippen molar-refractivity contribution in [2.24, 2.45) is 0 Å². The molecule has 0 radical (unpaired) electrons. The van der Waals surface area contributed by atoms with Gasteiger partial charge in [-0.2, -0.15) is 0 Å². The average molecular weight is 498 g/mol. The van der Waals surface area contributed by atoms with Crippen molar-refractivity contribution in [3.8, 4) is 0 Å². The van der Waals surface area contributed by atoms with E-state index in [2.05, 4.69) is 141 Å². The van der Waals surface area contributed by atoms with Crippen LogP contribution in [0.25, 0.3) is 0 Å². The van der Waals surface area contributed by atoms with Gasteiger partial charge in [0.25, 0.3) is 0 Å². The Kier molecular flexibility index (Phi) is 5.53. The minimum atomic E-state index is -1.62. The number of halogens is 2. The Hall–Kier alpha value is -1.81. The van der Waals surface area contributed by atoms with Gasteiger partial charge in [-0.3, -0.25) is 0 Å². The highest BCUT2D eigenvalue weighted by molar-refractivity contribution is 9.10. The van der Waals surface area contributed by atoms with E-state index >= 15 is 0 Å². The molecule has 134 valence electrons. The number of hydrogen-bond donors (Lipinski definition) is 0. The highest BCUT2D eigenvalue weighted by atomic mass is 79.9.